The van der Waals surface area contributed by atoms with Gasteiger partial charge in [0.05, 0.1) is 14.2 Å². The SMILES string of the molecule is COc1ccc(C2(F)CCNC2)cc1OC. The molecule has 0 amide bonds. The Morgan fingerprint density at radius 1 is 1.25 bits per heavy atom. The summed E-state index contributed by atoms with van der Waals surface area (Å²) in [5.74, 6) is 1.20. The van der Waals surface area contributed by atoms with Gasteiger partial charge < -0.3 is 14.8 Å². The Kier molecular flexibility index (Phi) is 3.01. The summed E-state index contributed by atoms with van der Waals surface area (Å²) < 4.78 is 24.7. The molecular formula is C12H16FNO2. The smallest absolute Gasteiger partial charge is 0.161 e. The van der Waals surface area contributed by atoms with Crippen molar-refractivity contribution >= 4 is 0 Å². The van der Waals surface area contributed by atoms with E-state index in [1.54, 1.807) is 32.4 Å². The summed E-state index contributed by atoms with van der Waals surface area (Å²) in [6.07, 6.45) is 0.502. The predicted molar refractivity (Wildman–Crippen MR) is 59.8 cm³/mol. The molecule has 1 aliphatic rings. The number of ether oxygens (including phenoxy) is 2. The molecule has 4 heteroatoms. The maximum atomic E-state index is 14.4. The lowest BCUT2D eigenvalue weighted by molar-refractivity contribution is 0.192. The van der Waals surface area contributed by atoms with Gasteiger partial charge in [-0.3, -0.25) is 0 Å². The van der Waals surface area contributed by atoms with E-state index in [1.807, 2.05) is 0 Å². The number of hydrogen-bond acceptors (Lipinski definition) is 3. The fourth-order valence-electron chi connectivity index (χ4n) is 2.02. The van der Waals surface area contributed by atoms with Crippen molar-refractivity contribution in [1.29, 1.82) is 0 Å². The largest absolute Gasteiger partial charge is 0.493 e. The van der Waals surface area contributed by atoms with Gasteiger partial charge in [-0.15, -0.1) is 0 Å². The molecule has 1 fully saturated rings. The van der Waals surface area contributed by atoms with Crippen LogP contribution in [0.3, 0.4) is 0 Å². The van der Waals surface area contributed by atoms with Crippen LogP contribution in [0, 0.1) is 0 Å². The number of alkyl halides is 1. The Morgan fingerprint density at radius 3 is 2.56 bits per heavy atom. The van der Waals surface area contributed by atoms with Crippen LogP contribution in [0.5, 0.6) is 11.5 Å². The molecule has 1 unspecified atom stereocenters. The van der Waals surface area contributed by atoms with E-state index in [4.69, 9.17) is 9.47 Å². The second-order valence-electron chi connectivity index (χ2n) is 3.96. The van der Waals surface area contributed by atoms with Crippen LogP contribution in [0.2, 0.25) is 0 Å². The summed E-state index contributed by atoms with van der Waals surface area (Å²) in [4.78, 5) is 0. The molecule has 1 aromatic carbocycles. The van der Waals surface area contributed by atoms with Crippen molar-refractivity contribution in [3.05, 3.63) is 23.8 Å². The van der Waals surface area contributed by atoms with Gasteiger partial charge in [0.15, 0.2) is 11.5 Å². The van der Waals surface area contributed by atoms with Gasteiger partial charge in [0.1, 0.15) is 5.67 Å². The Hall–Kier alpha value is -1.29. The summed E-state index contributed by atoms with van der Waals surface area (Å²) in [7, 11) is 3.12. The van der Waals surface area contributed by atoms with Crippen LogP contribution in [-0.4, -0.2) is 27.3 Å². The molecule has 1 atom stereocenters. The first-order valence-corrected chi connectivity index (χ1v) is 5.32. The average Bonchev–Trinajstić information content (AvgIpc) is 2.76. The minimum absolute atomic E-state index is 0.364. The summed E-state index contributed by atoms with van der Waals surface area (Å²) in [5.41, 5.74) is -0.630. The first-order chi connectivity index (χ1) is 7.69. The molecule has 0 spiro atoms. The molecule has 1 aliphatic heterocycles. The van der Waals surface area contributed by atoms with E-state index >= 15 is 0 Å². The van der Waals surface area contributed by atoms with Crippen LogP contribution < -0.4 is 14.8 Å². The van der Waals surface area contributed by atoms with Gasteiger partial charge in [-0.1, -0.05) is 6.07 Å². The molecule has 0 bridgehead atoms. The van der Waals surface area contributed by atoms with Crippen molar-refractivity contribution in [2.45, 2.75) is 12.1 Å². The van der Waals surface area contributed by atoms with Crippen molar-refractivity contribution in [3.63, 3.8) is 0 Å². The minimum atomic E-state index is -1.28. The Bertz CT molecular complexity index is 375. The zero-order chi connectivity index (χ0) is 11.6. The van der Waals surface area contributed by atoms with E-state index in [9.17, 15) is 4.39 Å². The zero-order valence-electron chi connectivity index (χ0n) is 9.55. The molecule has 0 aliphatic carbocycles. The van der Waals surface area contributed by atoms with Gasteiger partial charge in [-0.05, 0) is 30.7 Å². The predicted octanol–water partition coefficient (Wildman–Crippen LogP) is 1.86. The van der Waals surface area contributed by atoms with Crippen molar-refractivity contribution in [3.8, 4) is 11.5 Å². The summed E-state index contributed by atoms with van der Waals surface area (Å²) >= 11 is 0. The maximum absolute atomic E-state index is 14.4. The highest BCUT2D eigenvalue weighted by molar-refractivity contribution is 5.45. The van der Waals surface area contributed by atoms with E-state index in [0.29, 0.717) is 36.6 Å². The van der Waals surface area contributed by atoms with Crippen LogP contribution in [-0.2, 0) is 5.67 Å². The second kappa shape index (κ2) is 4.29. The van der Waals surface area contributed by atoms with E-state index in [-0.39, 0.29) is 0 Å². The summed E-state index contributed by atoms with van der Waals surface area (Å²) in [6, 6.07) is 5.22. The van der Waals surface area contributed by atoms with Gasteiger partial charge in [0.2, 0.25) is 0 Å². The number of rotatable bonds is 3. The third-order valence-corrected chi connectivity index (χ3v) is 3.00. The van der Waals surface area contributed by atoms with Crippen molar-refractivity contribution in [2.75, 3.05) is 27.3 Å². The van der Waals surface area contributed by atoms with Crippen molar-refractivity contribution in [2.24, 2.45) is 0 Å². The van der Waals surface area contributed by atoms with Gasteiger partial charge in [-0.2, -0.15) is 0 Å². The number of hydrogen-bond donors (Lipinski definition) is 1. The summed E-state index contributed by atoms with van der Waals surface area (Å²) in [6.45, 7) is 1.08. The van der Waals surface area contributed by atoms with Crippen LogP contribution in [0.25, 0.3) is 0 Å². The number of methoxy groups -OCH3 is 2. The van der Waals surface area contributed by atoms with E-state index in [1.165, 1.54) is 0 Å². The minimum Gasteiger partial charge on any atom is -0.493 e. The van der Waals surface area contributed by atoms with Crippen LogP contribution in [0.15, 0.2) is 18.2 Å². The Balaban J connectivity index is 2.35. The van der Waals surface area contributed by atoms with Crippen molar-refractivity contribution in [1.82, 2.24) is 5.32 Å². The van der Waals surface area contributed by atoms with Crippen LogP contribution in [0.1, 0.15) is 12.0 Å². The number of nitrogens with one attached hydrogen (secondary N) is 1. The van der Waals surface area contributed by atoms with Crippen LogP contribution in [0.4, 0.5) is 4.39 Å². The molecule has 2 rings (SSSR count). The fourth-order valence-corrected chi connectivity index (χ4v) is 2.02. The first kappa shape index (κ1) is 11.2. The summed E-state index contributed by atoms with van der Waals surface area (Å²) in [5, 5.41) is 3.03. The lowest BCUT2D eigenvalue weighted by Gasteiger charge is -2.20. The topological polar surface area (TPSA) is 30.5 Å². The van der Waals surface area contributed by atoms with E-state index in [2.05, 4.69) is 5.32 Å². The molecule has 1 saturated heterocycles. The van der Waals surface area contributed by atoms with Crippen molar-refractivity contribution < 1.29 is 13.9 Å². The molecule has 1 N–H and O–H groups in total. The molecule has 1 heterocycles. The standard InChI is InChI=1S/C12H16FNO2/c1-15-10-4-3-9(7-11(10)16-2)12(13)5-6-14-8-12/h3-4,7,14H,5-6,8H2,1-2H3. The first-order valence-electron chi connectivity index (χ1n) is 5.32. The van der Waals surface area contributed by atoms with E-state index < -0.39 is 5.67 Å². The van der Waals surface area contributed by atoms with E-state index in [0.717, 1.165) is 0 Å². The monoisotopic (exact) mass is 225 g/mol. The molecule has 88 valence electrons. The number of halogens is 1. The third kappa shape index (κ3) is 1.85. The quantitative estimate of drug-likeness (QED) is 0.851. The third-order valence-electron chi connectivity index (χ3n) is 3.00. The lowest BCUT2D eigenvalue weighted by Crippen LogP contribution is -2.23. The number of benzene rings is 1. The van der Waals surface area contributed by atoms with Gasteiger partial charge in [0.25, 0.3) is 0 Å². The average molecular weight is 225 g/mol. The molecular weight excluding hydrogens is 209 g/mol. The zero-order valence-corrected chi connectivity index (χ0v) is 9.55. The fraction of sp³-hybridized carbons (Fsp3) is 0.500. The molecule has 0 radical (unpaired) electrons. The van der Waals surface area contributed by atoms with Gasteiger partial charge in [0, 0.05) is 6.54 Å². The maximum Gasteiger partial charge on any atom is 0.161 e. The second-order valence-corrected chi connectivity index (χ2v) is 3.96. The normalized spacial score (nSPS) is 24.4. The highest BCUT2D eigenvalue weighted by Crippen LogP contribution is 2.37. The molecule has 1 aromatic rings. The highest BCUT2D eigenvalue weighted by atomic mass is 19.1. The molecule has 16 heavy (non-hydrogen) atoms. The van der Waals surface area contributed by atoms with Gasteiger partial charge in [-0.25, -0.2) is 4.39 Å². The van der Waals surface area contributed by atoms with Gasteiger partial charge >= 0.3 is 0 Å². The van der Waals surface area contributed by atoms with Crippen LogP contribution >= 0.6 is 0 Å². The molecule has 0 aromatic heterocycles. The highest BCUT2D eigenvalue weighted by Gasteiger charge is 2.36. The molecule has 0 saturated carbocycles. The molecule has 3 nitrogen and oxygen atoms in total. The Labute approximate surface area is 94.6 Å². The Morgan fingerprint density at radius 2 is 2.00 bits per heavy atom. The lowest BCUT2D eigenvalue weighted by atomic mass is 9.94.